The van der Waals surface area contributed by atoms with Gasteiger partial charge in [0.15, 0.2) is 0 Å². The van der Waals surface area contributed by atoms with E-state index in [1.807, 2.05) is 0 Å². The van der Waals surface area contributed by atoms with Gasteiger partial charge in [-0.25, -0.2) is 13.6 Å². The van der Waals surface area contributed by atoms with Crippen LogP contribution in [0.3, 0.4) is 0 Å². The molecule has 100 valence electrons. The van der Waals surface area contributed by atoms with Crippen molar-refractivity contribution in [3.05, 3.63) is 18.2 Å². The van der Waals surface area contributed by atoms with Gasteiger partial charge in [0.1, 0.15) is 11.0 Å². The van der Waals surface area contributed by atoms with Crippen LogP contribution in [-0.4, -0.2) is 32.1 Å². The van der Waals surface area contributed by atoms with E-state index in [0.29, 0.717) is 0 Å². The third-order valence-corrected chi connectivity index (χ3v) is 3.16. The molecule has 8 N–H and O–H groups in total. The number of nitrogens with one attached hydrogen (secondary N) is 1. The summed E-state index contributed by atoms with van der Waals surface area (Å²) in [5.74, 6) is -0.899. The fourth-order valence-corrected chi connectivity index (χ4v) is 1.94. The molecule has 0 aliphatic carbocycles. The van der Waals surface area contributed by atoms with Crippen LogP contribution in [0.1, 0.15) is 0 Å². The molecule has 0 radical (unpaired) electrons. The molecule has 1 amide bonds. The Morgan fingerprint density at radius 2 is 2.06 bits per heavy atom. The number of nitrogens with two attached hydrogens (primary N) is 3. The van der Waals surface area contributed by atoms with Gasteiger partial charge in [-0.3, -0.25) is 4.79 Å². The molecule has 1 unspecified atom stereocenters. The number of rotatable bonds is 5. The third kappa shape index (κ3) is 3.32. The number of hydrogen-bond donors (Lipinski definition) is 5. The summed E-state index contributed by atoms with van der Waals surface area (Å²) in [6.07, 6.45) is -1.40. The van der Waals surface area contributed by atoms with Crippen LogP contribution in [-0.2, 0) is 14.8 Å². The first-order valence-electron chi connectivity index (χ1n) is 4.86. The molecule has 0 bridgehead atoms. The smallest absolute Gasteiger partial charge is 0.248 e. The van der Waals surface area contributed by atoms with Gasteiger partial charge in [-0.2, -0.15) is 0 Å². The molecule has 0 saturated heterocycles. The summed E-state index contributed by atoms with van der Waals surface area (Å²) in [4.78, 5) is 10.4. The first kappa shape index (κ1) is 14.2. The molecule has 0 aliphatic rings. The Balaban J connectivity index is 2.95. The maximum absolute atomic E-state index is 11.2. The van der Waals surface area contributed by atoms with Crippen molar-refractivity contribution in [3.63, 3.8) is 0 Å². The van der Waals surface area contributed by atoms with E-state index in [1.165, 1.54) is 18.2 Å². The van der Waals surface area contributed by atoms with Crippen LogP contribution in [0.4, 0.5) is 11.4 Å². The molecular formula is C9H14N4O4S. The Hall–Kier alpha value is -1.84. The summed E-state index contributed by atoms with van der Waals surface area (Å²) in [5.41, 5.74) is 10.6. The van der Waals surface area contributed by atoms with Crippen LogP contribution < -0.4 is 21.9 Å². The first-order valence-corrected chi connectivity index (χ1v) is 6.40. The van der Waals surface area contributed by atoms with E-state index in [2.05, 4.69) is 5.32 Å². The number of amides is 1. The topological polar surface area (TPSA) is 162 Å². The highest BCUT2D eigenvalue weighted by molar-refractivity contribution is 7.89. The van der Waals surface area contributed by atoms with E-state index in [4.69, 9.17) is 16.6 Å². The predicted molar refractivity (Wildman–Crippen MR) is 65.9 cm³/mol. The van der Waals surface area contributed by atoms with Crippen LogP contribution in [0.15, 0.2) is 23.1 Å². The summed E-state index contributed by atoms with van der Waals surface area (Å²) in [6, 6.07) is 4.16. The molecule has 0 aromatic heterocycles. The lowest BCUT2D eigenvalue weighted by molar-refractivity contribution is -0.125. The molecule has 1 aromatic rings. The van der Waals surface area contributed by atoms with Gasteiger partial charge < -0.3 is 21.9 Å². The second kappa shape index (κ2) is 5.21. The zero-order valence-electron chi connectivity index (χ0n) is 9.33. The van der Waals surface area contributed by atoms with E-state index < -0.39 is 22.0 Å². The van der Waals surface area contributed by atoms with Gasteiger partial charge in [0, 0.05) is 6.54 Å². The molecule has 0 aliphatic heterocycles. The second-order valence-electron chi connectivity index (χ2n) is 3.56. The van der Waals surface area contributed by atoms with Crippen LogP contribution in [0, 0.1) is 0 Å². The van der Waals surface area contributed by atoms with Gasteiger partial charge in [0.2, 0.25) is 15.9 Å². The van der Waals surface area contributed by atoms with Gasteiger partial charge in [0.05, 0.1) is 11.4 Å². The van der Waals surface area contributed by atoms with Crippen LogP contribution in [0.5, 0.6) is 0 Å². The van der Waals surface area contributed by atoms with Crippen molar-refractivity contribution in [2.45, 2.75) is 11.0 Å². The van der Waals surface area contributed by atoms with Crippen molar-refractivity contribution in [2.75, 3.05) is 17.6 Å². The van der Waals surface area contributed by atoms with Crippen molar-refractivity contribution >= 4 is 27.3 Å². The number of sulfonamides is 1. The first-order chi connectivity index (χ1) is 8.23. The minimum Gasteiger partial charge on any atom is -0.396 e. The number of nitrogen functional groups attached to an aromatic ring is 1. The van der Waals surface area contributed by atoms with Gasteiger partial charge >= 0.3 is 0 Å². The molecule has 8 nitrogen and oxygen atoms in total. The zero-order chi connectivity index (χ0) is 13.9. The van der Waals surface area contributed by atoms with E-state index in [-0.39, 0.29) is 22.8 Å². The van der Waals surface area contributed by atoms with Crippen molar-refractivity contribution in [1.29, 1.82) is 0 Å². The van der Waals surface area contributed by atoms with Gasteiger partial charge in [-0.05, 0) is 12.1 Å². The number of para-hydroxylation sites is 1. The Bertz CT molecular complexity index is 558. The largest absolute Gasteiger partial charge is 0.396 e. The second-order valence-corrected chi connectivity index (χ2v) is 5.09. The molecule has 9 heteroatoms. The monoisotopic (exact) mass is 274 g/mol. The van der Waals surface area contributed by atoms with Gasteiger partial charge in [0.25, 0.3) is 0 Å². The average Bonchev–Trinajstić information content (AvgIpc) is 2.25. The number of hydrogen-bond acceptors (Lipinski definition) is 6. The molecule has 0 spiro atoms. The minimum atomic E-state index is -3.93. The Labute approximate surface area is 104 Å². The number of benzene rings is 1. The molecule has 1 rings (SSSR count). The quantitative estimate of drug-likeness (QED) is 0.397. The number of carbonyl (C=O) groups is 1. The lowest BCUT2D eigenvalue weighted by atomic mass is 10.2. The zero-order valence-corrected chi connectivity index (χ0v) is 10.1. The Morgan fingerprint density at radius 3 is 2.56 bits per heavy atom. The molecular weight excluding hydrogens is 260 g/mol. The Kier molecular flexibility index (Phi) is 4.11. The fraction of sp³-hybridized carbons (Fsp3) is 0.222. The molecule has 1 atom stereocenters. The number of primary sulfonamides is 1. The van der Waals surface area contributed by atoms with E-state index >= 15 is 0 Å². The summed E-state index contributed by atoms with van der Waals surface area (Å²) in [7, 11) is -3.93. The predicted octanol–water partition coefficient (Wildman–Crippen LogP) is -1.83. The molecule has 0 fully saturated rings. The number of aliphatic hydroxyl groups is 1. The maximum atomic E-state index is 11.2. The highest BCUT2D eigenvalue weighted by atomic mass is 32.2. The van der Waals surface area contributed by atoms with E-state index in [0.717, 1.165) is 0 Å². The summed E-state index contributed by atoms with van der Waals surface area (Å²) < 4.78 is 22.4. The SMILES string of the molecule is NC(=O)C(O)CNc1cccc(S(N)(=O)=O)c1N. The highest BCUT2D eigenvalue weighted by Gasteiger charge is 2.16. The van der Waals surface area contributed by atoms with E-state index in [1.54, 1.807) is 0 Å². The molecule has 1 aromatic carbocycles. The van der Waals surface area contributed by atoms with Crippen LogP contribution in [0.25, 0.3) is 0 Å². The summed E-state index contributed by atoms with van der Waals surface area (Å²) >= 11 is 0. The van der Waals surface area contributed by atoms with Crippen molar-refractivity contribution in [2.24, 2.45) is 10.9 Å². The summed E-state index contributed by atoms with van der Waals surface area (Å²) in [6.45, 7) is -0.187. The van der Waals surface area contributed by atoms with Gasteiger partial charge in [-0.15, -0.1) is 0 Å². The van der Waals surface area contributed by atoms with Gasteiger partial charge in [-0.1, -0.05) is 6.07 Å². The molecule has 18 heavy (non-hydrogen) atoms. The van der Waals surface area contributed by atoms with Crippen molar-refractivity contribution < 1.29 is 18.3 Å². The van der Waals surface area contributed by atoms with Crippen molar-refractivity contribution in [1.82, 2.24) is 0 Å². The van der Waals surface area contributed by atoms with Crippen LogP contribution in [0.2, 0.25) is 0 Å². The van der Waals surface area contributed by atoms with E-state index in [9.17, 15) is 18.3 Å². The van der Waals surface area contributed by atoms with Crippen LogP contribution >= 0.6 is 0 Å². The number of primary amides is 1. The number of carbonyl (C=O) groups excluding carboxylic acids is 1. The fourth-order valence-electron chi connectivity index (χ4n) is 1.25. The molecule has 0 saturated carbocycles. The summed E-state index contributed by atoms with van der Waals surface area (Å²) in [5, 5.41) is 16.8. The molecule has 0 heterocycles. The average molecular weight is 274 g/mol. The number of anilines is 2. The lowest BCUT2D eigenvalue weighted by Crippen LogP contribution is -2.34. The normalized spacial score (nSPS) is 13.0. The number of aliphatic hydroxyl groups excluding tert-OH is 1. The Morgan fingerprint density at radius 1 is 1.44 bits per heavy atom. The maximum Gasteiger partial charge on any atom is 0.248 e. The third-order valence-electron chi connectivity index (χ3n) is 2.19. The van der Waals surface area contributed by atoms with Crippen molar-refractivity contribution in [3.8, 4) is 0 Å². The standard InChI is InChI=1S/C9H14N4O4S/c10-8-5(13-4-6(14)9(11)15)2-1-3-7(8)18(12,16)17/h1-3,6,13-14H,4,10H2,(H2,11,15)(H2,12,16,17). The highest BCUT2D eigenvalue weighted by Crippen LogP contribution is 2.25. The minimum absolute atomic E-state index is 0.0864. The lowest BCUT2D eigenvalue weighted by Gasteiger charge is -2.13.